The summed E-state index contributed by atoms with van der Waals surface area (Å²) in [5, 5.41) is 23.0. The summed E-state index contributed by atoms with van der Waals surface area (Å²) >= 11 is 1.49. The lowest BCUT2D eigenvalue weighted by atomic mass is 9.87. The molecule has 0 fully saturated rings. The molecule has 0 aliphatic heterocycles. The van der Waals surface area contributed by atoms with Crippen molar-refractivity contribution in [1.82, 2.24) is 0 Å². The van der Waals surface area contributed by atoms with Gasteiger partial charge in [0.1, 0.15) is 6.07 Å². The lowest BCUT2D eigenvalue weighted by Crippen LogP contribution is -2.11. The highest BCUT2D eigenvalue weighted by molar-refractivity contribution is 7.08. The van der Waals surface area contributed by atoms with Crippen molar-refractivity contribution >= 4 is 28.3 Å². The molecule has 20 heavy (non-hydrogen) atoms. The topological polar surface area (TPSA) is 61.1 Å². The van der Waals surface area contributed by atoms with E-state index in [-0.39, 0.29) is 5.76 Å². The van der Waals surface area contributed by atoms with Crippen LogP contribution in [0.25, 0.3) is 11.1 Å². The number of allylic oxidation sites excluding steroid dienone is 4. The average Bonchev–Trinajstić information content (AvgIpc) is 2.99. The molecule has 4 heteroatoms. The maximum Gasteiger partial charge on any atom is 0.227 e. The number of Topliss-reactive ketones (excluding diaryl/α,β-unsaturated/α-hetero) is 1. The molecule has 0 unspecified atom stereocenters. The number of nitrogens with zero attached hydrogens (tertiary/aromatic N) is 1. The van der Waals surface area contributed by atoms with Crippen molar-refractivity contribution in [3.63, 3.8) is 0 Å². The van der Waals surface area contributed by atoms with Gasteiger partial charge in [-0.15, -0.1) is 0 Å². The summed E-state index contributed by atoms with van der Waals surface area (Å²) in [6.07, 6.45) is 1.38. The lowest BCUT2D eigenvalue weighted by Gasteiger charge is -2.16. The largest absolute Gasteiger partial charge is 0.504 e. The Balaban J connectivity index is 2.33. The van der Waals surface area contributed by atoms with Crippen LogP contribution in [0.3, 0.4) is 0 Å². The van der Waals surface area contributed by atoms with E-state index in [0.29, 0.717) is 22.3 Å². The number of carbonyl (C=O) groups is 1. The molecule has 1 aliphatic carbocycles. The predicted molar refractivity (Wildman–Crippen MR) is 78.2 cm³/mol. The van der Waals surface area contributed by atoms with Crippen molar-refractivity contribution in [3.8, 4) is 6.07 Å². The SMILES string of the molecule is N#C/C(=C1\C=C(O)C(=O)c2ccccc21)c1ccsc1. The van der Waals surface area contributed by atoms with E-state index in [0.717, 1.165) is 5.56 Å². The number of aliphatic hydroxyl groups excluding tert-OH is 1. The van der Waals surface area contributed by atoms with Crippen LogP contribution >= 0.6 is 11.3 Å². The highest BCUT2D eigenvalue weighted by Gasteiger charge is 2.25. The Labute approximate surface area is 119 Å². The molecule has 3 nitrogen and oxygen atoms in total. The van der Waals surface area contributed by atoms with Crippen LogP contribution in [0.15, 0.2) is 52.9 Å². The molecule has 1 N–H and O–H groups in total. The molecular formula is C16H9NO2S. The van der Waals surface area contributed by atoms with Gasteiger partial charge in [-0.05, 0) is 28.5 Å². The Morgan fingerprint density at radius 1 is 1.20 bits per heavy atom. The molecule has 0 radical (unpaired) electrons. The van der Waals surface area contributed by atoms with Crippen molar-refractivity contribution in [3.05, 3.63) is 69.6 Å². The summed E-state index contributed by atoms with van der Waals surface area (Å²) in [6.45, 7) is 0. The minimum absolute atomic E-state index is 0.332. The zero-order valence-corrected chi connectivity index (χ0v) is 11.1. The number of hydrogen-bond acceptors (Lipinski definition) is 4. The van der Waals surface area contributed by atoms with E-state index in [9.17, 15) is 15.2 Å². The molecule has 2 aromatic rings. The molecule has 1 aromatic heterocycles. The van der Waals surface area contributed by atoms with Crippen molar-refractivity contribution < 1.29 is 9.90 Å². The smallest absolute Gasteiger partial charge is 0.227 e. The first-order chi connectivity index (χ1) is 9.72. The number of ketones is 1. The van der Waals surface area contributed by atoms with Gasteiger partial charge in [-0.25, -0.2) is 0 Å². The van der Waals surface area contributed by atoms with Crippen LogP contribution in [0.2, 0.25) is 0 Å². The normalized spacial score (nSPS) is 16.1. The second-order valence-corrected chi connectivity index (χ2v) is 5.10. The molecule has 3 rings (SSSR count). The predicted octanol–water partition coefficient (Wildman–Crippen LogP) is 3.82. The van der Waals surface area contributed by atoms with Crippen LogP contribution in [0.5, 0.6) is 0 Å². The first-order valence-electron chi connectivity index (χ1n) is 5.94. The van der Waals surface area contributed by atoms with E-state index in [1.54, 1.807) is 18.2 Å². The lowest BCUT2D eigenvalue weighted by molar-refractivity contribution is 0.0976. The van der Waals surface area contributed by atoms with Crippen molar-refractivity contribution in [2.45, 2.75) is 0 Å². The van der Waals surface area contributed by atoms with Crippen LogP contribution < -0.4 is 0 Å². The molecule has 96 valence electrons. The number of nitriles is 1. The van der Waals surface area contributed by atoms with Gasteiger partial charge < -0.3 is 5.11 Å². The molecule has 0 saturated carbocycles. The number of aliphatic hydroxyl groups is 1. The second kappa shape index (κ2) is 4.80. The third kappa shape index (κ3) is 1.85. The van der Waals surface area contributed by atoms with Crippen molar-refractivity contribution in [1.29, 1.82) is 5.26 Å². The van der Waals surface area contributed by atoms with Gasteiger partial charge in [0.05, 0.1) is 5.57 Å². The van der Waals surface area contributed by atoms with Crippen LogP contribution in [-0.4, -0.2) is 10.9 Å². The monoisotopic (exact) mass is 279 g/mol. The number of benzene rings is 1. The first kappa shape index (κ1) is 12.4. The zero-order valence-electron chi connectivity index (χ0n) is 10.3. The Morgan fingerprint density at radius 2 is 1.95 bits per heavy atom. The molecule has 0 spiro atoms. The van der Waals surface area contributed by atoms with E-state index in [1.807, 2.05) is 22.9 Å². The minimum Gasteiger partial charge on any atom is -0.504 e. The van der Waals surface area contributed by atoms with Gasteiger partial charge in [0.2, 0.25) is 5.78 Å². The summed E-state index contributed by atoms with van der Waals surface area (Å²) in [4.78, 5) is 11.9. The fourth-order valence-corrected chi connectivity index (χ4v) is 2.87. The average molecular weight is 279 g/mol. The third-order valence-electron chi connectivity index (χ3n) is 3.17. The van der Waals surface area contributed by atoms with Crippen molar-refractivity contribution in [2.24, 2.45) is 0 Å². The molecule has 0 amide bonds. The summed E-state index contributed by atoms with van der Waals surface area (Å²) in [6, 6.07) is 11.0. The van der Waals surface area contributed by atoms with Gasteiger partial charge in [-0.2, -0.15) is 16.6 Å². The fourth-order valence-electron chi connectivity index (χ4n) is 2.23. The maximum atomic E-state index is 11.9. The van der Waals surface area contributed by atoms with E-state index in [2.05, 4.69) is 6.07 Å². The second-order valence-electron chi connectivity index (χ2n) is 4.32. The molecule has 0 saturated heterocycles. The molecule has 1 heterocycles. The third-order valence-corrected chi connectivity index (χ3v) is 3.85. The molecule has 1 aromatic carbocycles. The number of carbonyl (C=O) groups excluding carboxylic acids is 1. The Kier molecular flexibility index (Phi) is 2.97. The summed E-state index contributed by atoms with van der Waals surface area (Å²) in [5.41, 5.74) is 2.93. The number of hydrogen-bond donors (Lipinski definition) is 1. The molecule has 0 atom stereocenters. The van der Waals surface area contributed by atoms with Crippen LogP contribution in [0.4, 0.5) is 0 Å². The standard InChI is InChI=1S/C16H9NO2S/c17-8-14(10-5-6-20-9-10)13-7-15(18)16(19)12-4-2-1-3-11(12)13/h1-7,9,18H/b14-13-. The van der Waals surface area contributed by atoms with E-state index < -0.39 is 5.78 Å². The Hall–Kier alpha value is -2.64. The van der Waals surface area contributed by atoms with Gasteiger partial charge in [-0.3, -0.25) is 4.79 Å². The summed E-state index contributed by atoms with van der Waals surface area (Å²) < 4.78 is 0. The van der Waals surface area contributed by atoms with Gasteiger partial charge in [0, 0.05) is 16.7 Å². The summed E-state index contributed by atoms with van der Waals surface area (Å²) in [5.74, 6) is -0.742. The Bertz CT molecular complexity index is 792. The highest BCUT2D eigenvalue weighted by atomic mass is 32.1. The Morgan fingerprint density at radius 3 is 2.60 bits per heavy atom. The van der Waals surface area contributed by atoms with Crippen molar-refractivity contribution in [2.75, 3.05) is 0 Å². The van der Waals surface area contributed by atoms with Crippen LogP contribution in [-0.2, 0) is 0 Å². The summed E-state index contributed by atoms with van der Waals surface area (Å²) in [7, 11) is 0. The zero-order chi connectivity index (χ0) is 14.1. The van der Waals surface area contributed by atoms with Gasteiger partial charge >= 0.3 is 0 Å². The van der Waals surface area contributed by atoms with Gasteiger partial charge in [-0.1, -0.05) is 24.3 Å². The van der Waals surface area contributed by atoms with Gasteiger partial charge in [0.15, 0.2) is 5.76 Å². The fraction of sp³-hybridized carbons (Fsp3) is 0. The number of thiophene rings is 1. The van der Waals surface area contributed by atoms with E-state index in [1.165, 1.54) is 17.4 Å². The highest BCUT2D eigenvalue weighted by Crippen LogP contribution is 2.34. The quantitative estimate of drug-likeness (QED) is 0.807. The van der Waals surface area contributed by atoms with E-state index >= 15 is 0 Å². The molecule has 1 aliphatic rings. The minimum atomic E-state index is -0.410. The van der Waals surface area contributed by atoms with Gasteiger partial charge in [0.25, 0.3) is 0 Å². The first-order valence-corrected chi connectivity index (χ1v) is 6.88. The van der Waals surface area contributed by atoms with Crippen LogP contribution in [0, 0.1) is 11.3 Å². The van der Waals surface area contributed by atoms with Crippen LogP contribution in [0.1, 0.15) is 21.5 Å². The number of rotatable bonds is 1. The number of fused-ring (bicyclic) bond motifs is 1. The molecular weight excluding hydrogens is 270 g/mol. The molecule has 0 bridgehead atoms. The maximum absolute atomic E-state index is 11.9. The van der Waals surface area contributed by atoms with E-state index in [4.69, 9.17) is 0 Å².